The molecule has 1 atom stereocenters. The molecule has 0 spiro atoms. The van der Waals surface area contributed by atoms with Crippen molar-refractivity contribution in [3.05, 3.63) is 33.8 Å². The number of benzene rings is 1. The van der Waals surface area contributed by atoms with Crippen molar-refractivity contribution in [1.82, 2.24) is 5.32 Å². The van der Waals surface area contributed by atoms with Gasteiger partial charge in [-0.15, -0.1) is 0 Å². The van der Waals surface area contributed by atoms with Crippen molar-refractivity contribution in [1.29, 1.82) is 0 Å². The quantitative estimate of drug-likeness (QED) is 0.846. The Kier molecular flexibility index (Phi) is 6.50. The number of halogens is 2. The van der Waals surface area contributed by atoms with Crippen LogP contribution >= 0.6 is 23.2 Å². The summed E-state index contributed by atoms with van der Waals surface area (Å²) in [5.74, 6) is -1.02. The van der Waals surface area contributed by atoms with E-state index in [0.29, 0.717) is 15.6 Å². The van der Waals surface area contributed by atoms with Gasteiger partial charge in [-0.1, -0.05) is 29.3 Å². The standard InChI is InChI=1S/C15H19Cl2NO4/c1-15(2,3)22-14(21)18-11(8-13(19)20)6-9-4-5-10(16)7-12(9)17/h4-5,7,11H,6,8H2,1-3H3,(H,18,21)(H,19,20)/t11-/m0/s1. The minimum absolute atomic E-state index is 0.238. The zero-order valence-corrected chi connectivity index (χ0v) is 14.2. The minimum Gasteiger partial charge on any atom is -0.481 e. The smallest absolute Gasteiger partial charge is 0.407 e. The van der Waals surface area contributed by atoms with Crippen molar-refractivity contribution in [2.75, 3.05) is 0 Å². The van der Waals surface area contributed by atoms with Crippen molar-refractivity contribution >= 4 is 35.3 Å². The Morgan fingerprint density at radius 3 is 2.45 bits per heavy atom. The molecule has 0 saturated heterocycles. The highest BCUT2D eigenvalue weighted by molar-refractivity contribution is 6.35. The van der Waals surface area contributed by atoms with Crippen LogP contribution in [-0.4, -0.2) is 28.8 Å². The summed E-state index contributed by atoms with van der Waals surface area (Å²) >= 11 is 11.9. The number of carboxylic acid groups (broad SMARTS) is 1. The lowest BCUT2D eigenvalue weighted by Gasteiger charge is -2.23. The molecule has 0 heterocycles. The van der Waals surface area contributed by atoms with Crippen LogP contribution in [0.5, 0.6) is 0 Å². The Morgan fingerprint density at radius 2 is 1.95 bits per heavy atom. The molecule has 1 aromatic rings. The summed E-state index contributed by atoms with van der Waals surface area (Å²) < 4.78 is 5.14. The van der Waals surface area contributed by atoms with Gasteiger partial charge in [0.05, 0.1) is 6.42 Å². The molecular formula is C15H19Cl2NO4. The molecule has 2 N–H and O–H groups in total. The van der Waals surface area contributed by atoms with Gasteiger partial charge in [0, 0.05) is 16.1 Å². The molecule has 7 heteroatoms. The van der Waals surface area contributed by atoms with Crippen molar-refractivity contribution in [3.8, 4) is 0 Å². The summed E-state index contributed by atoms with van der Waals surface area (Å²) in [6.07, 6.45) is -0.636. The second-order valence-corrected chi connectivity index (χ2v) is 6.72. The van der Waals surface area contributed by atoms with E-state index in [2.05, 4.69) is 5.32 Å². The minimum atomic E-state index is -1.02. The second kappa shape index (κ2) is 7.70. The number of carboxylic acids is 1. The maximum Gasteiger partial charge on any atom is 0.407 e. The zero-order chi connectivity index (χ0) is 16.9. The van der Waals surface area contributed by atoms with Crippen molar-refractivity contribution in [2.24, 2.45) is 0 Å². The van der Waals surface area contributed by atoms with E-state index in [1.54, 1.807) is 39.0 Å². The Bertz CT molecular complexity index is 555. The Balaban J connectivity index is 2.80. The van der Waals surface area contributed by atoms with E-state index in [0.717, 1.165) is 0 Å². The number of nitrogens with one attached hydrogen (secondary N) is 1. The van der Waals surface area contributed by atoms with Gasteiger partial charge in [0.25, 0.3) is 0 Å². The number of aliphatic carboxylic acids is 1. The van der Waals surface area contributed by atoms with Gasteiger partial charge < -0.3 is 15.2 Å². The molecule has 0 fully saturated rings. The third-order valence-electron chi connectivity index (χ3n) is 2.62. The number of hydrogen-bond donors (Lipinski definition) is 2. The third-order valence-corrected chi connectivity index (χ3v) is 3.21. The molecule has 0 saturated carbocycles. The van der Waals surface area contributed by atoms with Gasteiger partial charge >= 0.3 is 12.1 Å². The van der Waals surface area contributed by atoms with E-state index in [1.807, 2.05) is 0 Å². The number of carbonyl (C=O) groups is 2. The highest BCUT2D eigenvalue weighted by Crippen LogP contribution is 2.22. The van der Waals surface area contributed by atoms with Gasteiger partial charge in [0.2, 0.25) is 0 Å². The number of hydrogen-bond acceptors (Lipinski definition) is 3. The third kappa shape index (κ3) is 7.00. The molecule has 0 bridgehead atoms. The molecule has 22 heavy (non-hydrogen) atoms. The first kappa shape index (κ1) is 18.6. The molecule has 0 radical (unpaired) electrons. The molecule has 0 aliphatic rings. The molecule has 122 valence electrons. The van der Waals surface area contributed by atoms with E-state index >= 15 is 0 Å². The molecule has 1 aromatic carbocycles. The molecule has 5 nitrogen and oxygen atoms in total. The summed E-state index contributed by atoms with van der Waals surface area (Å²) in [5.41, 5.74) is 0.0452. The van der Waals surface area contributed by atoms with Crippen LogP contribution in [0.1, 0.15) is 32.8 Å². The number of ether oxygens (including phenoxy) is 1. The SMILES string of the molecule is CC(C)(C)OC(=O)N[C@H](CC(=O)O)Cc1ccc(Cl)cc1Cl. The maximum atomic E-state index is 11.8. The highest BCUT2D eigenvalue weighted by Gasteiger charge is 2.22. The molecule has 0 aliphatic heterocycles. The average Bonchev–Trinajstić information content (AvgIpc) is 2.29. The Morgan fingerprint density at radius 1 is 1.32 bits per heavy atom. The summed E-state index contributed by atoms with van der Waals surface area (Å²) in [6.45, 7) is 5.19. The van der Waals surface area contributed by atoms with Gasteiger partial charge in [-0.2, -0.15) is 0 Å². The van der Waals surface area contributed by atoms with E-state index in [9.17, 15) is 9.59 Å². The van der Waals surface area contributed by atoms with Crippen LogP contribution in [-0.2, 0) is 16.0 Å². The van der Waals surface area contributed by atoms with Crippen molar-refractivity contribution < 1.29 is 19.4 Å². The Hall–Kier alpha value is -1.46. The lowest BCUT2D eigenvalue weighted by Crippen LogP contribution is -2.41. The van der Waals surface area contributed by atoms with Gasteiger partial charge in [-0.05, 0) is 44.9 Å². The number of amides is 1. The molecule has 1 rings (SSSR count). The van der Waals surface area contributed by atoms with Gasteiger partial charge in [-0.25, -0.2) is 4.79 Å². The van der Waals surface area contributed by atoms with Crippen LogP contribution in [0.4, 0.5) is 4.79 Å². The number of rotatable bonds is 5. The van der Waals surface area contributed by atoms with Gasteiger partial charge in [0.15, 0.2) is 0 Å². The molecular weight excluding hydrogens is 329 g/mol. The summed E-state index contributed by atoms with van der Waals surface area (Å²) in [5, 5.41) is 12.5. The van der Waals surface area contributed by atoms with Crippen LogP contribution in [0, 0.1) is 0 Å². The fourth-order valence-electron chi connectivity index (χ4n) is 1.81. The molecule has 1 amide bonds. The predicted molar refractivity (Wildman–Crippen MR) is 85.6 cm³/mol. The fourth-order valence-corrected chi connectivity index (χ4v) is 2.30. The van der Waals surface area contributed by atoms with Gasteiger partial charge in [0.1, 0.15) is 5.60 Å². The van der Waals surface area contributed by atoms with Crippen molar-refractivity contribution in [2.45, 2.75) is 45.3 Å². The van der Waals surface area contributed by atoms with Gasteiger partial charge in [-0.3, -0.25) is 4.79 Å². The summed E-state index contributed by atoms with van der Waals surface area (Å²) in [4.78, 5) is 22.8. The molecule has 0 aliphatic carbocycles. The maximum absolute atomic E-state index is 11.8. The number of carbonyl (C=O) groups excluding carboxylic acids is 1. The van der Waals surface area contributed by atoms with E-state index in [4.69, 9.17) is 33.0 Å². The second-order valence-electron chi connectivity index (χ2n) is 5.88. The first-order valence-corrected chi connectivity index (χ1v) is 7.47. The van der Waals surface area contributed by atoms with Crippen LogP contribution in [0.25, 0.3) is 0 Å². The first-order chi connectivity index (χ1) is 10.1. The molecule has 0 aromatic heterocycles. The number of alkyl carbamates (subject to hydrolysis) is 1. The average molecular weight is 348 g/mol. The van der Waals surface area contributed by atoms with E-state index in [1.165, 1.54) is 0 Å². The largest absolute Gasteiger partial charge is 0.481 e. The fraction of sp³-hybridized carbons (Fsp3) is 0.467. The van der Waals surface area contributed by atoms with E-state index < -0.39 is 23.7 Å². The predicted octanol–water partition coefficient (Wildman–Crippen LogP) is 3.90. The van der Waals surface area contributed by atoms with Crippen molar-refractivity contribution in [3.63, 3.8) is 0 Å². The monoisotopic (exact) mass is 347 g/mol. The van der Waals surface area contributed by atoms with Crippen LogP contribution < -0.4 is 5.32 Å². The normalized spacial score (nSPS) is 12.6. The topological polar surface area (TPSA) is 75.6 Å². The highest BCUT2D eigenvalue weighted by atomic mass is 35.5. The lowest BCUT2D eigenvalue weighted by atomic mass is 10.0. The van der Waals surface area contributed by atoms with Crippen LogP contribution in [0.3, 0.4) is 0 Å². The summed E-state index contributed by atoms with van der Waals surface area (Å²) in [7, 11) is 0. The van der Waals surface area contributed by atoms with Crippen LogP contribution in [0.15, 0.2) is 18.2 Å². The summed E-state index contributed by atoms with van der Waals surface area (Å²) in [6, 6.07) is 4.31. The zero-order valence-electron chi connectivity index (χ0n) is 12.7. The van der Waals surface area contributed by atoms with E-state index in [-0.39, 0.29) is 12.8 Å². The molecule has 0 unspecified atom stereocenters. The van der Waals surface area contributed by atoms with Crippen LogP contribution in [0.2, 0.25) is 10.0 Å². The lowest BCUT2D eigenvalue weighted by molar-refractivity contribution is -0.137. The Labute approximate surface area is 139 Å². The first-order valence-electron chi connectivity index (χ1n) is 6.72.